The number of carbonyl (C=O) groups is 2. The molecule has 130 valence electrons. The number of esters is 1. The molecule has 0 atom stereocenters. The fraction of sp³-hybridized carbons (Fsp3) is 0.357. The van der Waals surface area contributed by atoms with Crippen molar-refractivity contribution in [1.82, 2.24) is 5.32 Å². The Morgan fingerprint density at radius 1 is 1.38 bits per heavy atom. The summed E-state index contributed by atoms with van der Waals surface area (Å²) >= 11 is 0. The number of hydrogen-bond donors (Lipinski definition) is 1. The van der Waals surface area contributed by atoms with Gasteiger partial charge >= 0.3 is 12.1 Å². The van der Waals surface area contributed by atoms with Crippen LogP contribution in [0.2, 0.25) is 0 Å². The topological polar surface area (TPSA) is 135 Å². The lowest BCUT2D eigenvalue weighted by Crippen LogP contribution is -2.34. The quantitative estimate of drug-likeness (QED) is 0.218. The summed E-state index contributed by atoms with van der Waals surface area (Å²) in [6, 6.07) is 0.973. The molecule has 0 bridgehead atoms. The zero-order chi connectivity index (χ0) is 18.5. The van der Waals surface area contributed by atoms with Gasteiger partial charge < -0.3 is 14.7 Å². The second-order valence-electron chi connectivity index (χ2n) is 5.58. The normalized spacial score (nSPS) is 11.6. The zero-order valence-corrected chi connectivity index (χ0v) is 13.6. The summed E-state index contributed by atoms with van der Waals surface area (Å²) in [5.41, 5.74) is -1.84. The van der Waals surface area contributed by atoms with E-state index in [0.29, 0.717) is 4.73 Å². The van der Waals surface area contributed by atoms with Crippen LogP contribution in [0.25, 0.3) is 6.08 Å². The van der Waals surface area contributed by atoms with Gasteiger partial charge in [0.15, 0.2) is 12.4 Å². The zero-order valence-electron chi connectivity index (χ0n) is 13.6. The van der Waals surface area contributed by atoms with Crippen LogP contribution in [-0.2, 0) is 14.3 Å². The number of carbonyl (C=O) groups excluding carboxylic acids is 2. The Balaban J connectivity index is 3.24. The number of methoxy groups -OCH3 is 1. The average molecular weight is 339 g/mol. The van der Waals surface area contributed by atoms with Gasteiger partial charge in [0.1, 0.15) is 16.9 Å². The molecule has 0 aliphatic heterocycles. The second-order valence-corrected chi connectivity index (χ2v) is 5.58. The summed E-state index contributed by atoms with van der Waals surface area (Å²) < 4.78 is 9.84. The van der Waals surface area contributed by atoms with Crippen molar-refractivity contribution in [2.75, 3.05) is 7.11 Å². The van der Waals surface area contributed by atoms with Gasteiger partial charge in [-0.3, -0.25) is 15.4 Å². The third-order valence-corrected chi connectivity index (χ3v) is 2.48. The van der Waals surface area contributed by atoms with Gasteiger partial charge in [-0.2, -0.15) is 4.73 Å². The number of nitrogens with one attached hydrogen (secondary N) is 1. The Morgan fingerprint density at radius 2 is 2.00 bits per heavy atom. The first-order chi connectivity index (χ1) is 11.0. The van der Waals surface area contributed by atoms with Crippen LogP contribution in [0.1, 0.15) is 26.3 Å². The average Bonchev–Trinajstić information content (AvgIpc) is 2.43. The lowest BCUT2D eigenvalue weighted by molar-refractivity contribution is -0.606. The van der Waals surface area contributed by atoms with E-state index in [9.17, 15) is 24.9 Å². The van der Waals surface area contributed by atoms with E-state index < -0.39 is 34.0 Å². The van der Waals surface area contributed by atoms with E-state index in [2.05, 4.69) is 10.1 Å². The van der Waals surface area contributed by atoms with Crippen molar-refractivity contribution < 1.29 is 28.7 Å². The molecule has 1 amide bonds. The van der Waals surface area contributed by atoms with Crippen molar-refractivity contribution in [1.29, 1.82) is 0 Å². The van der Waals surface area contributed by atoms with Crippen molar-refractivity contribution in [2.24, 2.45) is 0 Å². The molecule has 0 aliphatic carbocycles. The third-order valence-electron chi connectivity index (χ3n) is 2.48. The molecule has 1 heterocycles. The predicted octanol–water partition coefficient (Wildman–Crippen LogP) is 1.27. The minimum absolute atomic E-state index is 0.186. The monoisotopic (exact) mass is 339 g/mol. The smallest absolute Gasteiger partial charge is 0.412 e. The van der Waals surface area contributed by atoms with Crippen molar-refractivity contribution >= 4 is 23.8 Å². The highest BCUT2D eigenvalue weighted by atomic mass is 16.6. The lowest BCUT2D eigenvalue weighted by atomic mass is 10.2. The van der Waals surface area contributed by atoms with Crippen LogP contribution < -0.4 is 10.0 Å². The summed E-state index contributed by atoms with van der Waals surface area (Å²) in [5.74, 6) is -0.962. The summed E-state index contributed by atoms with van der Waals surface area (Å²) in [6.45, 7) is 4.86. The predicted molar refractivity (Wildman–Crippen MR) is 81.4 cm³/mol. The number of aromatic nitrogens is 1. The van der Waals surface area contributed by atoms with Crippen molar-refractivity contribution in [3.63, 3.8) is 0 Å². The van der Waals surface area contributed by atoms with Gasteiger partial charge in [0.05, 0.1) is 18.1 Å². The van der Waals surface area contributed by atoms with E-state index >= 15 is 0 Å². The Morgan fingerprint density at radius 3 is 2.50 bits per heavy atom. The number of ether oxygens (including phenoxy) is 2. The summed E-state index contributed by atoms with van der Waals surface area (Å²) in [6.07, 6.45) is 1.84. The van der Waals surface area contributed by atoms with Crippen molar-refractivity contribution in [3.05, 3.63) is 45.0 Å². The number of amides is 1. The first-order valence-electron chi connectivity index (χ1n) is 6.70. The molecule has 0 radical (unpaired) electrons. The highest BCUT2D eigenvalue weighted by molar-refractivity contribution is 5.97. The van der Waals surface area contributed by atoms with Gasteiger partial charge in [-0.05, 0) is 26.8 Å². The van der Waals surface area contributed by atoms with E-state index in [-0.39, 0.29) is 5.56 Å². The maximum absolute atomic E-state index is 11.8. The molecule has 0 spiro atoms. The number of nitrogens with zero attached hydrogens (tertiary/aromatic N) is 2. The van der Waals surface area contributed by atoms with E-state index in [1.54, 1.807) is 20.8 Å². The fourth-order valence-corrected chi connectivity index (χ4v) is 1.59. The van der Waals surface area contributed by atoms with Gasteiger partial charge in [-0.15, -0.1) is 0 Å². The van der Waals surface area contributed by atoms with Crippen LogP contribution in [0.4, 0.5) is 10.5 Å². The minimum Gasteiger partial charge on any atom is -0.619 e. The van der Waals surface area contributed by atoms with E-state index in [1.165, 1.54) is 0 Å². The van der Waals surface area contributed by atoms with Crippen LogP contribution in [0.15, 0.2) is 24.2 Å². The second kappa shape index (κ2) is 7.40. The fourth-order valence-electron chi connectivity index (χ4n) is 1.59. The van der Waals surface area contributed by atoms with Crippen molar-refractivity contribution in [3.8, 4) is 0 Å². The number of alkyl carbamates (subject to hydrolysis) is 1. The molecule has 1 N–H and O–H groups in total. The van der Waals surface area contributed by atoms with Crippen LogP contribution in [0, 0.1) is 15.3 Å². The number of pyridine rings is 1. The standard InChI is InChI=1S/C14H17N3O7/c1-14(2,3)24-13(19)15-10(12(18)23-4)7-9-8-16(20)6-5-11(9)17(21)22/h5-8H,1-4H3,(H,15,19)/b10-7+. The molecule has 0 aromatic carbocycles. The maximum atomic E-state index is 11.8. The molecule has 1 rings (SSSR count). The molecular weight excluding hydrogens is 322 g/mol. The summed E-state index contributed by atoms with van der Waals surface area (Å²) in [4.78, 5) is 33.8. The molecule has 0 saturated carbocycles. The molecular formula is C14H17N3O7. The first-order valence-corrected chi connectivity index (χ1v) is 6.70. The maximum Gasteiger partial charge on any atom is 0.412 e. The highest BCUT2D eigenvalue weighted by Gasteiger charge is 2.22. The van der Waals surface area contributed by atoms with Crippen LogP contribution in [-0.4, -0.2) is 29.7 Å². The van der Waals surface area contributed by atoms with Gasteiger partial charge in [0, 0.05) is 0 Å². The molecule has 0 aliphatic rings. The number of hydrogen-bond acceptors (Lipinski definition) is 7. The Bertz CT molecular complexity index is 692. The molecule has 0 fully saturated rings. The largest absolute Gasteiger partial charge is 0.619 e. The van der Waals surface area contributed by atoms with E-state index in [4.69, 9.17) is 4.74 Å². The highest BCUT2D eigenvalue weighted by Crippen LogP contribution is 2.19. The molecule has 0 unspecified atom stereocenters. The number of nitro groups is 1. The molecule has 24 heavy (non-hydrogen) atoms. The van der Waals surface area contributed by atoms with Gasteiger partial charge in [0.25, 0.3) is 5.69 Å². The number of rotatable bonds is 4. The molecule has 10 heteroatoms. The lowest BCUT2D eigenvalue weighted by Gasteiger charge is -2.20. The van der Waals surface area contributed by atoms with Crippen LogP contribution in [0.3, 0.4) is 0 Å². The Hall–Kier alpha value is -3.17. The molecule has 0 saturated heterocycles. The molecule has 10 nitrogen and oxygen atoms in total. The van der Waals surface area contributed by atoms with Gasteiger partial charge in [-0.1, -0.05) is 0 Å². The third kappa shape index (κ3) is 5.55. The van der Waals surface area contributed by atoms with Gasteiger partial charge in [-0.25, -0.2) is 9.59 Å². The SMILES string of the molecule is COC(=O)/C(=C\c1c[n+]([O-])ccc1[N+](=O)[O-])NC(=O)OC(C)(C)C. The summed E-state index contributed by atoms with van der Waals surface area (Å²) in [7, 11) is 1.07. The van der Waals surface area contributed by atoms with Crippen LogP contribution in [0.5, 0.6) is 0 Å². The van der Waals surface area contributed by atoms with E-state index in [0.717, 1.165) is 31.6 Å². The van der Waals surface area contributed by atoms with E-state index in [1.807, 2.05) is 0 Å². The first kappa shape index (κ1) is 18.9. The van der Waals surface area contributed by atoms with Gasteiger partial charge in [0.2, 0.25) is 0 Å². The Labute approximate surface area is 137 Å². The Kier molecular flexibility index (Phi) is 5.82. The molecule has 1 aromatic heterocycles. The van der Waals surface area contributed by atoms with Crippen molar-refractivity contribution in [2.45, 2.75) is 26.4 Å². The minimum atomic E-state index is -0.962. The molecule has 1 aromatic rings. The van der Waals surface area contributed by atoms with Crippen LogP contribution >= 0.6 is 0 Å². The summed E-state index contributed by atoms with van der Waals surface area (Å²) in [5, 5.41) is 24.5.